The van der Waals surface area contributed by atoms with Crippen molar-refractivity contribution in [1.82, 2.24) is 4.90 Å². The Morgan fingerprint density at radius 1 is 1.08 bits per heavy atom. The van der Waals surface area contributed by atoms with E-state index in [9.17, 15) is 18.3 Å². The molecule has 1 heterocycles. The Labute approximate surface area is 152 Å². The quantitative estimate of drug-likeness (QED) is 0.798. The molecule has 1 atom stereocenters. The number of halogens is 5. The van der Waals surface area contributed by atoms with E-state index >= 15 is 4.39 Å². The summed E-state index contributed by atoms with van der Waals surface area (Å²) in [6.45, 7) is -0.0619. The molecule has 0 spiro atoms. The van der Waals surface area contributed by atoms with Gasteiger partial charge in [0, 0.05) is 18.1 Å². The second-order valence-electron chi connectivity index (χ2n) is 6.43. The van der Waals surface area contributed by atoms with Crippen LogP contribution in [0, 0.1) is 0 Å². The highest BCUT2D eigenvalue weighted by molar-refractivity contribution is 6.30. The molecule has 1 fully saturated rings. The van der Waals surface area contributed by atoms with Crippen LogP contribution in [0.25, 0.3) is 0 Å². The first-order valence-corrected chi connectivity index (χ1v) is 8.13. The maximum Gasteiger partial charge on any atom is 0.573 e. The smallest absolute Gasteiger partial charge is 0.406 e. The minimum atomic E-state index is -4.83. The van der Waals surface area contributed by atoms with Crippen LogP contribution in [-0.4, -0.2) is 42.2 Å². The minimum Gasteiger partial charge on any atom is -0.406 e. The van der Waals surface area contributed by atoms with Crippen LogP contribution >= 0.6 is 11.6 Å². The van der Waals surface area contributed by atoms with Gasteiger partial charge >= 0.3 is 6.36 Å². The van der Waals surface area contributed by atoms with E-state index < -0.39 is 23.4 Å². The van der Waals surface area contributed by atoms with Crippen molar-refractivity contribution in [3.05, 3.63) is 64.7 Å². The molecule has 0 bridgehead atoms. The summed E-state index contributed by atoms with van der Waals surface area (Å²) in [5, 5.41) is 11.7. The van der Waals surface area contributed by atoms with Crippen molar-refractivity contribution >= 4 is 11.6 Å². The van der Waals surface area contributed by atoms with Crippen LogP contribution in [0.3, 0.4) is 0 Å². The van der Waals surface area contributed by atoms with Crippen LogP contribution in [0.4, 0.5) is 17.6 Å². The molecule has 1 N–H and O–H groups in total. The van der Waals surface area contributed by atoms with Crippen LogP contribution in [0.15, 0.2) is 48.5 Å². The molecule has 0 aromatic heterocycles. The van der Waals surface area contributed by atoms with Gasteiger partial charge in [0.25, 0.3) is 0 Å². The van der Waals surface area contributed by atoms with Crippen molar-refractivity contribution in [2.24, 2.45) is 0 Å². The SMILES string of the molecule is CN1CC(F)(C(O)(c2ccc(OC(F)(F)F)cc2)c2cccc(Cl)c2)C1. The van der Waals surface area contributed by atoms with Gasteiger partial charge in [-0.25, -0.2) is 4.39 Å². The molecule has 0 saturated carbocycles. The molecule has 3 rings (SSSR count). The molecule has 0 amide bonds. The fourth-order valence-electron chi connectivity index (χ4n) is 3.33. The fourth-order valence-corrected chi connectivity index (χ4v) is 3.52. The van der Waals surface area contributed by atoms with Crippen molar-refractivity contribution in [1.29, 1.82) is 0 Å². The molecule has 2 aromatic carbocycles. The minimum absolute atomic E-state index is 0.0309. The zero-order valence-corrected chi connectivity index (χ0v) is 14.5. The van der Waals surface area contributed by atoms with Crippen LogP contribution in [0.1, 0.15) is 11.1 Å². The Kier molecular flexibility index (Phi) is 4.67. The van der Waals surface area contributed by atoms with E-state index in [2.05, 4.69) is 4.74 Å². The van der Waals surface area contributed by atoms with Gasteiger partial charge in [-0.2, -0.15) is 0 Å². The molecule has 1 saturated heterocycles. The van der Waals surface area contributed by atoms with Crippen molar-refractivity contribution in [2.75, 3.05) is 20.1 Å². The molecule has 26 heavy (non-hydrogen) atoms. The highest BCUT2D eigenvalue weighted by Gasteiger charge is 2.59. The van der Waals surface area contributed by atoms with Gasteiger partial charge in [0.2, 0.25) is 0 Å². The Morgan fingerprint density at radius 3 is 2.19 bits per heavy atom. The zero-order valence-electron chi connectivity index (χ0n) is 13.7. The van der Waals surface area contributed by atoms with E-state index in [1.807, 2.05) is 0 Å². The number of hydrogen-bond acceptors (Lipinski definition) is 3. The average molecular weight is 390 g/mol. The van der Waals surface area contributed by atoms with Gasteiger partial charge < -0.3 is 9.84 Å². The number of nitrogens with zero attached hydrogens (tertiary/aromatic N) is 1. The highest BCUT2D eigenvalue weighted by atomic mass is 35.5. The summed E-state index contributed by atoms with van der Waals surface area (Å²) >= 11 is 5.99. The highest BCUT2D eigenvalue weighted by Crippen LogP contribution is 2.47. The number of likely N-dealkylation sites (tertiary alicyclic amines) is 1. The number of rotatable bonds is 4. The summed E-state index contributed by atoms with van der Waals surface area (Å²) in [5.74, 6) is -0.451. The third kappa shape index (κ3) is 3.39. The van der Waals surface area contributed by atoms with Gasteiger partial charge in [0.05, 0.1) is 0 Å². The zero-order chi connectivity index (χ0) is 19.2. The molecular weight excluding hydrogens is 374 g/mol. The van der Waals surface area contributed by atoms with Gasteiger partial charge in [0.1, 0.15) is 5.75 Å². The lowest BCUT2D eigenvalue weighted by Crippen LogP contribution is -2.68. The summed E-state index contributed by atoms with van der Waals surface area (Å²) in [7, 11) is 1.70. The first-order valence-electron chi connectivity index (χ1n) is 7.76. The monoisotopic (exact) mass is 389 g/mol. The van der Waals surface area contributed by atoms with Gasteiger partial charge in [-0.1, -0.05) is 35.9 Å². The van der Waals surface area contributed by atoms with Crippen LogP contribution in [0.2, 0.25) is 5.02 Å². The lowest BCUT2D eigenvalue weighted by atomic mass is 9.70. The first kappa shape index (κ1) is 18.9. The van der Waals surface area contributed by atoms with Crippen molar-refractivity contribution in [2.45, 2.75) is 17.6 Å². The van der Waals surface area contributed by atoms with Gasteiger partial charge in [-0.15, -0.1) is 13.2 Å². The molecule has 0 aliphatic carbocycles. The first-order chi connectivity index (χ1) is 12.0. The maximum absolute atomic E-state index is 15.5. The lowest BCUT2D eigenvalue weighted by molar-refractivity contribution is -0.274. The van der Waals surface area contributed by atoms with Crippen molar-refractivity contribution in [3.63, 3.8) is 0 Å². The second kappa shape index (κ2) is 6.40. The fraction of sp³-hybridized carbons (Fsp3) is 0.333. The molecule has 8 heteroatoms. The molecule has 1 aliphatic heterocycles. The van der Waals surface area contributed by atoms with Gasteiger partial charge in [-0.3, -0.25) is 4.90 Å². The van der Waals surface area contributed by atoms with E-state index in [0.29, 0.717) is 5.02 Å². The molecule has 2 aromatic rings. The summed E-state index contributed by atoms with van der Waals surface area (Å²) in [6.07, 6.45) is -4.83. The van der Waals surface area contributed by atoms with E-state index in [0.717, 1.165) is 12.1 Å². The summed E-state index contributed by atoms with van der Waals surface area (Å²) in [4.78, 5) is 1.69. The molecule has 1 aliphatic rings. The molecular formula is C18H16ClF4NO2. The number of hydrogen-bond donors (Lipinski definition) is 1. The van der Waals surface area contributed by atoms with Gasteiger partial charge in [0.15, 0.2) is 11.3 Å². The maximum atomic E-state index is 15.5. The largest absolute Gasteiger partial charge is 0.573 e. The third-order valence-electron chi connectivity index (χ3n) is 4.44. The molecule has 0 radical (unpaired) electrons. The number of aliphatic hydroxyl groups is 1. The van der Waals surface area contributed by atoms with E-state index in [4.69, 9.17) is 11.6 Å². The standard InChI is InChI=1S/C18H16ClF4NO2/c1-24-10-16(20,11-24)17(25,13-3-2-4-14(19)9-13)12-5-7-15(8-6-12)26-18(21,22)23/h2-9,25H,10-11H2,1H3. The topological polar surface area (TPSA) is 32.7 Å². The number of ether oxygens (including phenoxy) is 1. The van der Waals surface area contributed by atoms with E-state index in [1.54, 1.807) is 24.1 Å². The Hall–Kier alpha value is -1.83. The third-order valence-corrected chi connectivity index (χ3v) is 4.67. The molecule has 3 nitrogen and oxygen atoms in total. The van der Waals surface area contributed by atoms with Crippen molar-refractivity contribution < 1.29 is 27.4 Å². The van der Waals surface area contributed by atoms with Crippen LogP contribution < -0.4 is 4.74 Å². The van der Waals surface area contributed by atoms with Crippen LogP contribution in [0.5, 0.6) is 5.75 Å². The molecule has 140 valence electrons. The van der Waals surface area contributed by atoms with E-state index in [1.165, 1.54) is 24.3 Å². The van der Waals surface area contributed by atoms with E-state index in [-0.39, 0.29) is 24.2 Å². The summed E-state index contributed by atoms with van der Waals surface area (Å²) < 4.78 is 56.4. The summed E-state index contributed by atoms with van der Waals surface area (Å²) in [5.41, 5.74) is -3.74. The lowest BCUT2D eigenvalue weighted by Gasteiger charge is -2.52. The Morgan fingerprint density at radius 2 is 1.69 bits per heavy atom. The Balaban J connectivity index is 2.04. The summed E-state index contributed by atoms with van der Waals surface area (Å²) in [6, 6.07) is 10.7. The number of alkyl halides is 4. The Bertz CT molecular complexity index is 791. The predicted molar refractivity (Wildman–Crippen MR) is 88.9 cm³/mol. The molecule has 1 unspecified atom stereocenters. The van der Waals surface area contributed by atoms with Gasteiger partial charge in [-0.05, 0) is 42.4 Å². The predicted octanol–water partition coefficient (Wildman–Crippen LogP) is 4.13. The normalized spacial score (nSPS) is 19.5. The average Bonchev–Trinajstić information content (AvgIpc) is 2.52. The number of benzene rings is 2. The second-order valence-corrected chi connectivity index (χ2v) is 6.87. The van der Waals surface area contributed by atoms with Crippen LogP contribution in [-0.2, 0) is 5.60 Å². The van der Waals surface area contributed by atoms with Crippen molar-refractivity contribution in [3.8, 4) is 5.75 Å².